The number of esters is 1. The molecule has 0 bridgehead atoms. The van der Waals surface area contributed by atoms with Gasteiger partial charge in [0.15, 0.2) is 0 Å². The Morgan fingerprint density at radius 1 is 0.794 bits per heavy atom. The quantitative estimate of drug-likeness (QED) is 0.454. The molecule has 0 aromatic rings. The lowest BCUT2D eigenvalue weighted by Crippen LogP contribution is -2.62. The molecular weight excluding hydrogens is 424 g/mol. The highest BCUT2D eigenvalue weighted by atomic mass is 16.6. The molecule has 2 heterocycles. The molecule has 5 aliphatic rings. The van der Waals surface area contributed by atoms with Gasteiger partial charge in [0, 0.05) is 12.3 Å². The SMILES string of the molecule is CC(C)(O)[C@@H]1CC[C@@](C)([C@H]2CC[C@]3(C)[C@@H]2CC[C@@H]2[C@@]4(C)CCC(=O)OC(C)(C)[C@@H]4CC[C@]23C)O1. The Labute approximate surface area is 207 Å². The van der Waals surface area contributed by atoms with Crippen molar-refractivity contribution in [2.75, 3.05) is 0 Å². The van der Waals surface area contributed by atoms with E-state index in [4.69, 9.17) is 9.47 Å². The van der Waals surface area contributed by atoms with Gasteiger partial charge in [-0.3, -0.25) is 4.79 Å². The normalized spacial score (nSPS) is 52.9. The van der Waals surface area contributed by atoms with Crippen LogP contribution < -0.4 is 0 Å². The molecule has 2 saturated heterocycles. The van der Waals surface area contributed by atoms with Gasteiger partial charge in [0.2, 0.25) is 0 Å². The zero-order valence-electron chi connectivity index (χ0n) is 23.1. The maximum atomic E-state index is 12.5. The monoisotopic (exact) mass is 474 g/mol. The first-order chi connectivity index (χ1) is 15.6. The fraction of sp³-hybridized carbons (Fsp3) is 0.967. The van der Waals surface area contributed by atoms with E-state index in [1.165, 1.54) is 32.1 Å². The van der Waals surface area contributed by atoms with Crippen LogP contribution in [0.25, 0.3) is 0 Å². The van der Waals surface area contributed by atoms with Gasteiger partial charge >= 0.3 is 5.97 Å². The second kappa shape index (κ2) is 7.46. The summed E-state index contributed by atoms with van der Waals surface area (Å²) in [5.74, 6) is 2.31. The molecule has 0 spiro atoms. The fourth-order valence-electron chi connectivity index (χ4n) is 10.8. The summed E-state index contributed by atoms with van der Waals surface area (Å²) in [7, 11) is 0. The van der Waals surface area contributed by atoms with E-state index in [9.17, 15) is 9.90 Å². The van der Waals surface area contributed by atoms with Crippen LogP contribution in [0.5, 0.6) is 0 Å². The standard InChI is InChI=1S/C30H50O4/c1-25(2,32)23-13-18-30(8,33-23)20-11-16-28(6)19(20)9-10-22-27(5)15-14-24(31)34-26(3,4)21(27)12-17-29(22,28)7/h19-23,32H,9-18H2,1-8H3/t19-,20+,21+,22-,23+,27+,28-,29-,30+/m1/s1. The zero-order valence-corrected chi connectivity index (χ0v) is 23.1. The Morgan fingerprint density at radius 3 is 2.12 bits per heavy atom. The maximum Gasteiger partial charge on any atom is 0.306 e. The van der Waals surface area contributed by atoms with Crippen LogP contribution in [0.2, 0.25) is 0 Å². The summed E-state index contributed by atoms with van der Waals surface area (Å²) in [4.78, 5) is 12.5. The van der Waals surface area contributed by atoms with Crippen LogP contribution in [0.15, 0.2) is 0 Å². The number of rotatable bonds is 2. The number of carbonyl (C=O) groups is 1. The average Bonchev–Trinajstić information content (AvgIpc) is 3.26. The first-order valence-corrected chi connectivity index (χ1v) is 14.2. The van der Waals surface area contributed by atoms with Crippen LogP contribution in [0, 0.1) is 39.9 Å². The predicted octanol–water partition coefficient (Wildman–Crippen LogP) is 6.68. The summed E-state index contributed by atoms with van der Waals surface area (Å²) in [6.07, 6.45) is 10.9. The average molecular weight is 475 g/mol. The number of fused-ring (bicyclic) bond motifs is 5. The van der Waals surface area contributed by atoms with Gasteiger partial charge in [-0.15, -0.1) is 0 Å². The molecular formula is C30H50O4. The number of carbonyl (C=O) groups excluding carboxylic acids is 1. The van der Waals surface area contributed by atoms with Crippen LogP contribution in [0.1, 0.15) is 120 Å². The van der Waals surface area contributed by atoms with E-state index in [0.717, 1.165) is 25.7 Å². The van der Waals surface area contributed by atoms with Crippen LogP contribution >= 0.6 is 0 Å². The Morgan fingerprint density at radius 2 is 1.47 bits per heavy atom. The lowest BCUT2D eigenvalue weighted by atomic mass is 9.37. The number of ether oxygens (including phenoxy) is 2. The zero-order chi connectivity index (χ0) is 24.9. The van der Waals surface area contributed by atoms with Crippen LogP contribution in [-0.4, -0.2) is 34.0 Å². The Bertz CT molecular complexity index is 843. The lowest BCUT2D eigenvalue weighted by molar-refractivity contribution is -0.210. The third kappa shape index (κ3) is 3.32. The first kappa shape index (κ1) is 25.1. The maximum absolute atomic E-state index is 12.5. The third-order valence-corrected chi connectivity index (χ3v) is 12.6. The second-order valence-electron chi connectivity index (χ2n) is 15.0. The first-order valence-electron chi connectivity index (χ1n) is 14.2. The van der Waals surface area contributed by atoms with Gasteiger partial charge in [-0.2, -0.15) is 0 Å². The molecule has 4 nitrogen and oxygen atoms in total. The van der Waals surface area contributed by atoms with Crippen LogP contribution in [0.4, 0.5) is 0 Å². The summed E-state index contributed by atoms with van der Waals surface area (Å²) >= 11 is 0. The number of hydrogen-bond donors (Lipinski definition) is 1. The third-order valence-electron chi connectivity index (χ3n) is 12.6. The van der Waals surface area contributed by atoms with Crippen molar-refractivity contribution in [2.24, 2.45) is 39.9 Å². The summed E-state index contributed by atoms with van der Waals surface area (Å²) in [6.45, 7) is 18.2. The number of aliphatic hydroxyl groups is 1. The molecule has 0 radical (unpaired) electrons. The molecule has 5 rings (SSSR count). The number of cyclic esters (lactones) is 1. The van der Waals surface area contributed by atoms with E-state index < -0.39 is 5.60 Å². The Kier molecular flexibility index (Phi) is 5.50. The van der Waals surface area contributed by atoms with Gasteiger partial charge < -0.3 is 14.6 Å². The van der Waals surface area contributed by atoms with Crippen molar-refractivity contribution >= 4 is 5.97 Å². The van der Waals surface area contributed by atoms with E-state index in [-0.39, 0.29) is 34.1 Å². The molecule has 0 aromatic carbocycles. The van der Waals surface area contributed by atoms with Crippen molar-refractivity contribution in [1.82, 2.24) is 0 Å². The molecule has 34 heavy (non-hydrogen) atoms. The molecule has 1 N–H and O–H groups in total. The van der Waals surface area contributed by atoms with Crippen molar-refractivity contribution in [2.45, 2.75) is 143 Å². The molecule has 3 aliphatic carbocycles. The van der Waals surface area contributed by atoms with Crippen LogP contribution in [-0.2, 0) is 14.3 Å². The fourth-order valence-corrected chi connectivity index (χ4v) is 10.8. The molecule has 4 heteroatoms. The summed E-state index contributed by atoms with van der Waals surface area (Å²) < 4.78 is 12.7. The molecule has 5 fully saturated rings. The summed E-state index contributed by atoms with van der Waals surface area (Å²) in [6, 6.07) is 0. The Balaban J connectivity index is 1.45. The van der Waals surface area contributed by atoms with Crippen LogP contribution in [0.3, 0.4) is 0 Å². The van der Waals surface area contributed by atoms with Gasteiger partial charge in [0.25, 0.3) is 0 Å². The largest absolute Gasteiger partial charge is 0.459 e. The van der Waals surface area contributed by atoms with Gasteiger partial charge in [-0.25, -0.2) is 0 Å². The van der Waals surface area contributed by atoms with E-state index in [2.05, 4.69) is 41.5 Å². The highest BCUT2D eigenvalue weighted by Crippen LogP contribution is 2.75. The molecule has 0 aromatic heterocycles. The second-order valence-corrected chi connectivity index (χ2v) is 15.0. The minimum atomic E-state index is -0.776. The molecule has 0 amide bonds. The molecule has 2 aliphatic heterocycles. The van der Waals surface area contributed by atoms with Crippen molar-refractivity contribution in [3.63, 3.8) is 0 Å². The molecule has 194 valence electrons. The molecule has 0 unspecified atom stereocenters. The van der Waals surface area contributed by atoms with Crippen molar-refractivity contribution in [3.05, 3.63) is 0 Å². The minimum absolute atomic E-state index is 0.00387. The van der Waals surface area contributed by atoms with Crippen molar-refractivity contribution in [1.29, 1.82) is 0 Å². The summed E-state index contributed by atoms with van der Waals surface area (Å²) in [5.41, 5.74) is -0.547. The van der Waals surface area contributed by atoms with E-state index >= 15 is 0 Å². The van der Waals surface area contributed by atoms with E-state index in [1.807, 2.05) is 13.8 Å². The number of hydrogen-bond acceptors (Lipinski definition) is 4. The Hall–Kier alpha value is -0.610. The summed E-state index contributed by atoms with van der Waals surface area (Å²) in [5, 5.41) is 10.6. The minimum Gasteiger partial charge on any atom is -0.459 e. The molecule has 9 atom stereocenters. The topological polar surface area (TPSA) is 55.8 Å². The highest BCUT2D eigenvalue weighted by molar-refractivity contribution is 5.70. The van der Waals surface area contributed by atoms with Gasteiger partial charge in [0.1, 0.15) is 5.60 Å². The van der Waals surface area contributed by atoms with Gasteiger partial charge in [0.05, 0.1) is 17.3 Å². The van der Waals surface area contributed by atoms with E-state index in [1.54, 1.807) is 0 Å². The van der Waals surface area contributed by atoms with Crippen molar-refractivity contribution < 1.29 is 19.4 Å². The smallest absolute Gasteiger partial charge is 0.306 e. The van der Waals surface area contributed by atoms with Gasteiger partial charge in [-0.1, -0.05) is 20.8 Å². The van der Waals surface area contributed by atoms with E-state index in [0.29, 0.717) is 35.5 Å². The van der Waals surface area contributed by atoms with Crippen molar-refractivity contribution in [3.8, 4) is 0 Å². The predicted molar refractivity (Wildman–Crippen MR) is 134 cm³/mol. The van der Waals surface area contributed by atoms with Gasteiger partial charge in [-0.05, 0) is 126 Å². The highest BCUT2D eigenvalue weighted by Gasteiger charge is 2.69. The lowest BCUT2D eigenvalue weighted by Gasteiger charge is -2.67. The molecule has 3 saturated carbocycles.